The third-order valence-electron chi connectivity index (χ3n) is 3.19. The molecule has 110 valence electrons. The Balaban J connectivity index is 2.20. The number of halogens is 1. The van der Waals surface area contributed by atoms with Crippen LogP contribution >= 0.6 is 0 Å². The van der Waals surface area contributed by atoms with Crippen molar-refractivity contribution in [2.45, 2.75) is 13.3 Å². The number of anilines is 1. The first-order valence-corrected chi connectivity index (χ1v) is 6.90. The van der Waals surface area contributed by atoms with Gasteiger partial charge in [0, 0.05) is 0 Å². The number of carbonyl (C=O) groups is 1. The summed E-state index contributed by atoms with van der Waals surface area (Å²) in [5.41, 5.74) is 1.89. The number of amides is 1. The Morgan fingerprint density at radius 3 is 2.50 bits per heavy atom. The number of aryl methyl sites for hydroxylation is 1. The molecule has 0 atom stereocenters. The van der Waals surface area contributed by atoms with Gasteiger partial charge >= 0.3 is 0 Å². The van der Waals surface area contributed by atoms with E-state index < -0.39 is 11.7 Å². The van der Waals surface area contributed by atoms with Crippen LogP contribution in [0, 0.1) is 17.1 Å². The molecule has 22 heavy (non-hydrogen) atoms. The topological polar surface area (TPSA) is 52.9 Å². The van der Waals surface area contributed by atoms with Gasteiger partial charge in [0.05, 0.1) is 5.69 Å². The Labute approximate surface area is 128 Å². The van der Waals surface area contributed by atoms with E-state index >= 15 is 0 Å². The minimum atomic E-state index is -0.632. The van der Waals surface area contributed by atoms with Crippen molar-refractivity contribution >= 4 is 17.7 Å². The summed E-state index contributed by atoms with van der Waals surface area (Å²) in [4.78, 5) is 12.1. The second-order valence-corrected chi connectivity index (χ2v) is 4.70. The van der Waals surface area contributed by atoms with Gasteiger partial charge in [-0.05, 0) is 35.8 Å². The molecule has 0 radical (unpaired) electrons. The average molecular weight is 294 g/mol. The van der Waals surface area contributed by atoms with Gasteiger partial charge in [-0.2, -0.15) is 5.26 Å². The number of nitrogens with one attached hydrogen (secondary N) is 1. The number of nitrogens with zero attached hydrogens (tertiary/aromatic N) is 1. The molecule has 1 N–H and O–H groups in total. The van der Waals surface area contributed by atoms with Gasteiger partial charge < -0.3 is 5.32 Å². The molecule has 0 aromatic heterocycles. The van der Waals surface area contributed by atoms with Crippen molar-refractivity contribution < 1.29 is 9.18 Å². The Morgan fingerprint density at radius 2 is 1.91 bits per heavy atom. The minimum Gasteiger partial charge on any atom is -0.319 e. The first kappa shape index (κ1) is 15.5. The molecule has 0 saturated heterocycles. The van der Waals surface area contributed by atoms with Crippen LogP contribution in [0.15, 0.2) is 54.1 Å². The summed E-state index contributed by atoms with van der Waals surface area (Å²) >= 11 is 0. The van der Waals surface area contributed by atoms with E-state index in [1.165, 1.54) is 29.8 Å². The van der Waals surface area contributed by atoms with Crippen molar-refractivity contribution in [1.29, 1.82) is 5.26 Å². The molecule has 2 aromatic carbocycles. The molecule has 3 nitrogen and oxygen atoms in total. The van der Waals surface area contributed by atoms with Crippen molar-refractivity contribution in [2.24, 2.45) is 0 Å². The smallest absolute Gasteiger partial charge is 0.266 e. The first-order chi connectivity index (χ1) is 10.6. The van der Waals surface area contributed by atoms with E-state index in [1.807, 2.05) is 37.3 Å². The predicted molar refractivity (Wildman–Crippen MR) is 84.4 cm³/mol. The molecule has 0 aliphatic heterocycles. The molecule has 0 bridgehead atoms. The highest BCUT2D eigenvalue weighted by Gasteiger charge is 2.11. The molecule has 1 amide bonds. The van der Waals surface area contributed by atoms with Crippen LogP contribution in [0.2, 0.25) is 0 Å². The van der Waals surface area contributed by atoms with Gasteiger partial charge in [-0.1, -0.05) is 43.3 Å². The highest BCUT2D eigenvalue weighted by Crippen LogP contribution is 2.15. The van der Waals surface area contributed by atoms with E-state index in [0.29, 0.717) is 0 Å². The zero-order valence-corrected chi connectivity index (χ0v) is 12.1. The fraction of sp³-hybridized carbons (Fsp3) is 0.111. The maximum atomic E-state index is 13.5. The molecular formula is C18H15FN2O. The SMILES string of the molecule is CCc1ccc(/C=C(\C#N)C(=O)Nc2ccccc2F)cc1. The maximum Gasteiger partial charge on any atom is 0.266 e. The molecule has 0 saturated carbocycles. The maximum absolute atomic E-state index is 13.5. The Morgan fingerprint density at radius 1 is 1.23 bits per heavy atom. The van der Waals surface area contributed by atoms with Gasteiger partial charge in [0.2, 0.25) is 0 Å². The Hall–Kier alpha value is -2.93. The highest BCUT2D eigenvalue weighted by atomic mass is 19.1. The number of benzene rings is 2. The average Bonchev–Trinajstić information content (AvgIpc) is 2.55. The number of carbonyl (C=O) groups excluding carboxylic acids is 1. The summed E-state index contributed by atoms with van der Waals surface area (Å²) in [6.07, 6.45) is 2.40. The molecule has 0 heterocycles. The third kappa shape index (κ3) is 3.80. The van der Waals surface area contributed by atoms with Crippen LogP contribution in [0.5, 0.6) is 0 Å². The Bertz CT molecular complexity index is 742. The molecule has 4 heteroatoms. The van der Waals surface area contributed by atoms with Crippen LogP contribution in [0.25, 0.3) is 6.08 Å². The Kier molecular flexibility index (Phi) is 5.05. The van der Waals surface area contributed by atoms with E-state index in [0.717, 1.165) is 12.0 Å². The molecule has 2 rings (SSSR count). The molecule has 0 aliphatic carbocycles. The molecule has 2 aromatic rings. The summed E-state index contributed by atoms with van der Waals surface area (Å²) in [6.45, 7) is 2.05. The van der Waals surface area contributed by atoms with Crippen LogP contribution < -0.4 is 5.32 Å². The van der Waals surface area contributed by atoms with E-state index in [-0.39, 0.29) is 11.3 Å². The van der Waals surface area contributed by atoms with Crippen LogP contribution in [-0.2, 0) is 11.2 Å². The van der Waals surface area contributed by atoms with Gasteiger partial charge in [-0.15, -0.1) is 0 Å². The van der Waals surface area contributed by atoms with Crippen molar-refractivity contribution in [2.75, 3.05) is 5.32 Å². The van der Waals surface area contributed by atoms with E-state index in [1.54, 1.807) is 6.07 Å². The van der Waals surface area contributed by atoms with Crippen molar-refractivity contribution in [1.82, 2.24) is 0 Å². The summed E-state index contributed by atoms with van der Waals surface area (Å²) < 4.78 is 13.5. The summed E-state index contributed by atoms with van der Waals surface area (Å²) in [6, 6.07) is 15.2. The number of nitriles is 1. The van der Waals surface area contributed by atoms with Crippen molar-refractivity contribution in [3.63, 3.8) is 0 Å². The lowest BCUT2D eigenvalue weighted by Crippen LogP contribution is -2.14. The predicted octanol–water partition coefficient (Wildman–Crippen LogP) is 3.93. The monoisotopic (exact) mass is 294 g/mol. The third-order valence-corrected chi connectivity index (χ3v) is 3.19. The van der Waals surface area contributed by atoms with Crippen molar-refractivity contribution in [3.8, 4) is 6.07 Å². The first-order valence-electron chi connectivity index (χ1n) is 6.90. The lowest BCUT2D eigenvalue weighted by atomic mass is 10.1. The molecule has 0 fully saturated rings. The van der Waals surface area contributed by atoms with Gasteiger partial charge in [-0.3, -0.25) is 4.79 Å². The van der Waals surface area contributed by atoms with Crippen LogP contribution in [0.3, 0.4) is 0 Å². The zero-order valence-electron chi connectivity index (χ0n) is 12.1. The number of hydrogen-bond acceptors (Lipinski definition) is 2. The van der Waals surface area contributed by atoms with Crippen LogP contribution in [0.4, 0.5) is 10.1 Å². The lowest BCUT2D eigenvalue weighted by Gasteiger charge is -2.05. The standard InChI is InChI=1S/C18H15FN2O/c1-2-13-7-9-14(10-8-13)11-15(12-20)18(22)21-17-6-4-3-5-16(17)19/h3-11H,2H2,1H3,(H,21,22)/b15-11+. The second kappa shape index (κ2) is 7.19. The normalized spacial score (nSPS) is 10.9. The molecule has 0 unspecified atom stereocenters. The quantitative estimate of drug-likeness (QED) is 0.686. The number of para-hydroxylation sites is 1. The van der Waals surface area contributed by atoms with E-state index in [2.05, 4.69) is 5.32 Å². The second-order valence-electron chi connectivity index (χ2n) is 4.70. The van der Waals surface area contributed by atoms with Crippen LogP contribution in [-0.4, -0.2) is 5.91 Å². The van der Waals surface area contributed by atoms with Gasteiger partial charge in [0.1, 0.15) is 17.5 Å². The number of hydrogen-bond donors (Lipinski definition) is 1. The van der Waals surface area contributed by atoms with Gasteiger partial charge in [0.25, 0.3) is 5.91 Å². The van der Waals surface area contributed by atoms with E-state index in [4.69, 9.17) is 5.26 Å². The fourth-order valence-electron chi connectivity index (χ4n) is 1.92. The highest BCUT2D eigenvalue weighted by molar-refractivity contribution is 6.09. The zero-order chi connectivity index (χ0) is 15.9. The molecular weight excluding hydrogens is 279 g/mol. The molecule has 0 aliphatic rings. The summed E-state index contributed by atoms with van der Waals surface area (Å²) in [5.74, 6) is -1.17. The molecule has 0 spiro atoms. The van der Waals surface area contributed by atoms with Crippen LogP contribution in [0.1, 0.15) is 18.1 Å². The minimum absolute atomic E-state index is 0.0509. The largest absolute Gasteiger partial charge is 0.319 e. The number of rotatable bonds is 4. The van der Waals surface area contributed by atoms with Gasteiger partial charge in [0.15, 0.2) is 0 Å². The lowest BCUT2D eigenvalue weighted by molar-refractivity contribution is -0.112. The van der Waals surface area contributed by atoms with E-state index in [9.17, 15) is 9.18 Å². The summed E-state index contributed by atoms with van der Waals surface area (Å²) in [5, 5.41) is 11.5. The fourth-order valence-corrected chi connectivity index (χ4v) is 1.92. The van der Waals surface area contributed by atoms with Crippen molar-refractivity contribution in [3.05, 3.63) is 71.0 Å². The van der Waals surface area contributed by atoms with Gasteiger partial charge in [-0.25, -0.2) is 4.39 Å². The summed E-state index contributed by atoms with van der Waals surface area (Å²) in [7, 11) is 0.